The Morgan fingerprint density at radius 1 is 1.14 bits per heavy atom. The van der Waals surface area contributed by atoms with Crippen molar-refractivity contribution >= 4 is 42.7 Å². The van der Waals surface area contributed by atoms with E-state index in [0.717, 1.165) is 4.47 Å². The van der Waals surface area contributed by atoms with Crippen molar-refractivity contribution in [3.8, 4) is 0 Å². The van der Waals surface area contributed by atoms with Crippen LogP contribution >= 0.6 is 15.9 Å². The van der Waals surface area contributed by atoms with E-state index in [1.54, 1.807) is 24.3 Å². The third-order valence-electron chi connectivity index (χ3n) is 2.78. The number of oxazole rings is 1. The van der Waals surface area contributed by atoms with E-state index in [0.29, 0.717) is 11.2 Å². The van der Waals surface area contributed by atoms with E-state index in [9.17, 15) is 13.2 Å². The van der Waals surface area contributed by atoms with Gasteiger partial charge in [-0.15, -0.1) is 0 Å². The summed E-state index contributed by atoms with van der Waals surface area (Å²) in [5.41, 5.74) is 1.07. The van der Waals surface area contributed by atoms with Crippen LogP contribution in [-0.4, -0.2) is 13.4 Å². The average Bonchev–Trinajstić information content (AvgIpc) is 2.77. The zero-order chi connectivity index (χ0) is 15.0. The lowest BCUT2D eigenvalue weighted by molar-refractivity contribution is 0.554. The van der Waals surface area contributed by atoms with E-state index in [-0.39, 0.29) is 10.5 Å². The van der Waals surface area contributed by atoms with Crippen LogP contribution in [0.5, 0.6) is 0 Å². The van der Waals surface area contributed by atoms with Crippen LogP contribution in [0.2, 0.25) is 0 Å². The third-order valence-corrected chi connectivity index (χ3v) is 4.65. The highest BCUT2D eigenvalue weighted by atomic mass is 79.9. The fourth-order valence-corrected chi connectivity index (χ4v) is 3.32. The van der Waals surface area contributed by atoms with Gasteiger partial charge in [-0.05, 0) is 30.3 Å². The first-order chi connectivity index (χ1) is 9.94. The van der Waals surface area contributed by atoms with Gasteiger partial charge in [-0.1, -0.05) is 22.0 Å². The highest BCUT2D eigenvalue weighted by Crippen LogP contribution is 2.21. The van der Waals surface area contributed by atoms with Crippen molar-refractivity contribution in [2.24, 2.45) is 0 Å². The molecule has 21 heavy (non-hydrogen) atoms. The normalized spacial score (nSPS) is 11.7. The lowest BCUT2D eigenvalue weighted by Gasteiger charge is -2.08. The summed E-state index contributed by atoms with van der Waals surface area (Å²) in [6.45, 7) is 0. The molecule has 6 nitrogen and oxygen atoms in total. The molecule has 0 fully saturated rings. The van der Waals surface area contributed by atoms with Gasteiger partial charge in [-0.2, -0.15) is 0 Å². The Kier molecular flexibility index (Phi) is 3.34. The van der Waals surface area contributed by atoms with Crippen LogP contribution in [-0.2, 0) is 10.0 Å². The maximum absolute atomic E-state index is 12.3. The first-order valence-electron chi connectivity index (χ1n) is 5.85. The van der Waals surface area contributed by atoms with Crippen molar-refractivity contribution in [1.29, 1.82) is 0 Å². The molecule has 0 saturated carbocycles. The largest absolute Gasteiger partial charge is 0.417 e. The van der Waals surface area contributed by atoms with E-state index in [2.05, 4.69) is 25.6 Å². The van der Waals surface area contributed by atoms with Crippen LogP contribution in [0.25, 0.3) is 11.1 Å². The summed E-state index contributed by atoms with van der Waals surface area (Å²) < 4.78 is 32.7. The molecule has 8 heteroatoms. The van der Waals surface area contributed by atoms with E-state index >= 15 is 0 Å². The SMILES string of the molecule is O=c1[nH]c2ccc(S(=O)(=O)Nc3cccc(Br)c3)cc2o1. The van der Waals surface area contributed by atoms with Gasteiger partial charge in [0.1, 0.15) is 0 Å². The molecule has 0 saturated heterocycles. The molecule has 3 rings (SSSR count). The quantitative estimate of drug-likeness (QED) is 0.743. The molecule has 1 heterocycles. The number of nitrogens with one attached hydrogen (secondary N) is 2. The second-order valence-corrected chi connectivity index (χ2v) is 6.89. The summed E-state index contributed by atoms with van der Waals surface area (Å²) in [6, 6.07) is 11.0. The molecule has 2 aromatic carbocycles. The Balaban J connectivity index is 2.01. The Hall–Kier alpha value is -2.06. The smallest absolute Gasteiger partial charge is 0.408 e. The third kappa shape index (κ3) is 2.86. The highest BCUT2D eigenvalue weighted by molar-refractivity contribution is 9.10. The molecule has 1 aromatic heterocycles. The van der Waals surface area contributed by atoms with E-state index in [1.165, 1.54) is 18.2 Å². The van der Waals surface area contributed by atoms with Crippen LogP contribution in [0.4, 0.5) is 5.69 Å². The summed E-state index contributed by atoms with van der Waals surface area (Å²) >= 11 is 3.27. The number of rotatable bonds is 3. The fourth-order valence-electron chi connectivity index (χ4n) is 1.86. The highest BCUT2D eigenvalue weighted by Gasteiger charge is 2.16. The Morgan fingerprint density at radius 3 is 2.71 bits per heavy atom. The molecule has 0 aliphatic carbocycles. The fraction of sp³-hybridized carbons (Fsp3) is 0. The van der Waals surface area contributed by atoms with Crippen molar-refractivity contribution in [2.75, 3.05) is 4.72 Å². The summed E-state index contributed by atoms with van der Waals surface area (Å²) in [5.74, 6) is -0.625. The number of aromatic nitrogens is 1. The number of hydrogen-bond donors (Lipinski definition) is 2. The Bertz CT molecular complexity index is 975. The van der Waals surface area contributed by atoms with Crippen LogP contribution < -0.4 is 10.5 Å². The second-order valence-electron chi connectivity index (χ2n) is 4.29. The zero-order valence-corrected chi connectivity index (χ0v) is 12.9. The van der Waals surface area contributed by atoms with Crippen molar-refractivity contribution in [3.05, 3.63) is 57.5 Å². The minimum absolute atomic E-state index is 0.0118. The molecule has 0 unspecified atom stereocenters. The molecule has 0 aliphatic rings. The number of sulfonamides is 1. The first kappa shape index (κ1) is 13.9. The molecule has 0 spiro atoms. The average molecular weight is 369 g/mol. The maximum Gasteiger partial charge on any atom is 0.417 e. The van der Waals surface area contributed by atoms with E-state index in [1.807, 2.05) is 0 Å². The number of fused-ring (bicyclic) bond motifs is 1. The summed E-state index contributed by atoms with van der Waals surface area (Å²) in [4.78, 5) is 13.5. The minimum Gasteiger partial charge on any atom is -0.408 e. The van der Waals surface area contributed by atoms with Crippen LogP contribution in [0.15, 0.2) is 61.0 Å². The molecule has 0 aliphatic heterocycles. The van der Waals surface area contributed by atoms with Crippen molar-refractivity contribution in [2.45, 2.75) is 4.90 Å². The van der Waals surface area contributed by atoms with Gasteiger partial charge in [0, 0.05) is 16.2 Å². The lowest BCUT2D eigenvalue weighted by Crippen LogP contribution is -2.12. The first-order valence-corrected chi connectivity index (χ1v) is 8.13. The van der Waals surface area contributed by atoms with Crippen molar-refractivity contribution in [1.82, 2.24) is 4.98 Å². The van der Waals surface area contributed by atoms with Gasteiger partial charge in [0.05, 0.1) is 10.4 Å². The molecular weight excluding hydrogens is 360 g/mol. The minimum atomic E-state index is -3.76. The molecule has 0 radical (unpaired) electrons. The number of H-pyrrole nitrogens is 1. The number of anilines is 1. The summed E-state index contributed by atoms with van der Waals surface area (Å²) in [6.07, 6.45) is 0. The number of hydrogen-bond acceptors (Lipinski definition) is 4. The Labute approximate surface area is 128 Å². The molecule has 2 N–H and O–H groups in total. The van der Waals surface area contributed by atoms with Crippen LogP contribution in [0, 0.1) is 0 Å². The number of halogens is 1. The predicted octanol–water partition coefficient (Wildman–Crippen LogP) is 2.68. The molecule has 0 bridgehead atoms. The molecule has 0 amide bonds. The maximum atomic E-state index is 12.3. The van der Waals surface area contributed by atoms with Crippen molar-refractivity contribution < 1.29 is 12.8 Å². The van der Waals surface area contributed by atoms with E-state index < -0.39 is 15.8 Å². The molecular formula is C13H9BrN2O4S. The number of benzene rings is 2. The van der Waals surface area contributed by atoms with Gasteiger partial charge in [-0.3, -0.25) is 9.71 Å². The Morgan fingerprint density at radius 2 is 1.95 bits per heavy atom. The topological polar surface area (TPSA) is 92.2 Å². The summed E-state index contributed by atoms with van der Waals surface area (Å²) in [7, 11) is -3.76. The molecule has 108 valence electrons. The van der Waals surface area contributed by atoms with Gasteiger partial charge in [0.2, 0.25) is 0 Å². The monoisotopic (exact) mass is 368 g/mol. The van der Waals surface area contributed by atoms with Gasteiger partial charge in [-0.25, -0.2) is 13.2 Å². The second kappa shape index (κ2) is 5.05. The van der Waals surface area contributed by atoms with Crippen LogP contribution in [0.3, 0.4) is 0 Å². The van der Waals surface area contributed by atoms with Crippen molar-refractivity contribution in [3.63, 3.8) is 0 Å². The van der Waals surface area contributed by atoms with Gasteiger partial charge in [0.25, 0.3) is 10.0 Å². The summed E-state index contributed by atoms with van der Waals surface area (Å²) in [5, 5.41) is 0. The molecule has 0 atom stereocenters. The molecule has 3 aromatic rings. The standard InChI is InChI=1S/C13H9BrN2O4S/c14-8-2-1-3-9(6-8)16-21(18,19)10-4-5-11-12(7-10)20-13(17)15-11/h1-7,16H,(H,15,17). The van der Waals surface area contributed by atoms with Gasteiger partial charge in [0.15, 0.2) is 5.58 Å². The van der Waals surface area contributed by atoms with Gasteiger partial charge < -0.3 is 4.42 Å². The van der Waals surface area contributed by atoms with Gasteiger partial charge >= 0.3 is 5.76 Å². The predicted molar refractivity (Wildman–Crippen MR) is 81.8 cm³/mol. The number of aromatic amines is 1. The zero-order valence-electron chi connectivity index (χ0n) is 10.5. The van der Waals surface area contributed by atoms with E-state index in [4.69, 9.17) is 4.42 Å². The lowest BCUT2D eigenvalue weighted by atomic mass is 10.3. The van der Waals surface area contributed by atoms with Crippen LogP contribution in [0.1, 0.15) is 0 Å².